The van der Waals surface area contributed by atoms with Crippen molar-refractivity contribution in [1.29, 1.82) is 0 Å². The molecule has 0 amide bonds. The molecule has 32 heavy (non-hydrogen) atoms. The predicted molar refractivity (Wildman–Crippen MR) is 120 cm³/mol. The maximum atomic E-state index is 12.7. The van der Waals surface area contributed by atoms with Crippen molar-refractivity contribution in [3.8, 4) is 5.75 Å². The number of nitrogens with one attached hydrogen (secondary N) is 1. The Morgan fingerprint density at radius 3 is 2.50 bits per heavy atom. The maximum Gasteiger partial charge on any atom is 0.379 e. The minimum absolute atomic E-state index is 0.107. The van der Waals surface area contributed by atoms with Crippen LogP contribution in [0.4, 0.5) is 0 Å². The standard InChI is InChI=1S/C24H24N2O5S/c1-3-17-12-14-18(15-13-17)30-24(27)23-16(2)22-20(10-7-11-21(22)31-23)25-26-32(28,29)19-8-5-4-6-9-19/h4-6,8-9,12-15,26H,3,7,10-11H2,1-2H3/b25-20+. The summed E-state index contributed by atoms with van der Waals surface area (Å²) in [6, 6.07) is 15.4. The number of nitrogens with zero attached hydrogens (tertiary/aromatic N) is 1. The van der Waals surface area contributed by atoms with E-state index in [2.05, 4.69) is 16.9 Å². The average Bonchev–Trinajstić information content (AvgIpc) is 3.16. The normalized spacial score (nSPS) is 14.8. The van der Waals surface area contributed by atoms with Crippen LogP contribution in [0.5, 0.6) is 5.75 Å². The predicted octanol–water partition coefficient (Wildman–Crippen LogP) is 4.39. The molecule has 7 nitrogen and oxygen atoms in total. The molecule has 2 aromatic carbocycles. The Kier molecular flexibility index (Phi) is 6.14. The van der Waals surface area contributed by atoms with Crippen LogP contribution in [0.25, 0.3) is 0 Å². The first-order chi connectivity index (χ1) is 15.4. The van der Waals surface area contributed by atoms with Gasteiger partial charge in [-0.1, -0.05) is 37.3 Å². The molecule has 8 heteroatoms. The molecule has 0 radical (unpaired) electrons. The summed E-state index contributed by atoms with van der Waals surface area (Å²) in [6.07, 6.45) is 2.84. The van der Waals surface area contributed by atoms with Crippen molar-refractivity contribution >= 4 is 21.7 Å². The van der Waals surface area contributed by atoms with Gasteiger partial charge in [0.2, 0.25) is 5.76 Å². The van der Waals surface area contributed by atoms with Crippen LogP contribution in [0.2, 0.25) is 0 Å². The zero-order chi connectivity index (χ0) is 22.7. The average molecular weight is 453 g/mol. The first-order valence-corrected chi connectivity index (χ1v) is 11.9. The van der Waals surface area contributed by atoms with Gasteiger partial charge >= 0.3 is 5.97 Å². The summed E-state index contributed by atoms with van der Waals surface area (Å²) in [4.78, 5) is 15.2. The van der Waals surface area contributed by atoms with E-state index in [4.69, 9.17) is 9.15 Å². The Morgan fingerprint density at radius 1 is 1.09 bits per heavy atom. The lowest BCUT2D eigenvalue weighted by Crippen LogP contribution is -2.22. The topological polar surface area (TPSA) is 98.0 Å². The molecule has 1 aromatic heterocycles. The van der Waals surface area contributed by atoms with E-state index in [1.807, 2.05) is 12.1 Å². The van der Waals surface area contributed by atoms with E-state index in [0.29, 0.717) is 41.2 Å². The van der Waals surface area contributed by atoms with Crippen LogP contribution >= 0.6 is 0 Å². The first kappa shape index (κ1) is 21.8. The van der Waals surface area contributed by atoms with Crippen molar-refractivity contribution in [2.24, 2.45) is 5.10 Å². The first-order valence-electron chi connectivity index (χ1n) is 10.5. The van der Waals surface area contributed by atoms with Crippen molar-refractivity contribution in [2.75, 3.05) is 0 Å². The highest BCUT2D eigenvalue weighted by Gasteiger charge is 2.29. The number of rotatable bonds is 6. The quantitative estimate of drug-likeness (QED) is 0.340. The molecule has 0 aliphatic heterocycles. The van der Waals surface area contributed by atoms with Gasteiger partial charge in [-0.15, -0.1) is 0 Å². The monoisotopic (exact) mass is 452 g/mol. The molecule has 1 aliphatic carbocycles. The van der Waals surface area contributed by atoms with Gasteiger partial charge in [-0.3, -0.25) is 0 Å². The summed E-state index contributed by atoms with van der Waals surface area (Å²) in [7, 11) is -3.79. The third kappa shape index (κ3) is 4.45. The number of hydrazone groups is 1. The van der Waals surface area contributed by atoms with E-state index in [0.717, 1.165) is 18.4 Å². The van der Waals surface area contributed by atoms with Gasteiger partial charge in [-0.2, -0.15) is 18.4 Å². The van der Waals surface area contributed by atoms with Gasteiger partial charge in [-0.25, -0.2) is 4.79 Å². The van der Waals surface area contributed by atoms with E-state index in [9.17, 15) is 13.2 Å². The molecule has 3 aromatic rings. The third-order valence-electron chi connectivity index (χ3n) is 5.41. The summed E-state index contributed by atoms with van der Waals surface area (Å²) < 4.78 is 36.3. The number of fused-ring (bicyclic) bond motifs is 1. The molecule has 0 saturated carbocycles. The molecule has 0 saturated heterocycles. The molecule has 0 unspecified atom stereocenters. The van der Waals surface area contributed by atoms with Crippen LogP contribution in [-0.2, 0) is 22.9 Å². The number of hydrogen-bond acceptors (Lipinski definition) is 6. The molecule has 4 rings (SSSR count). The van der Waals surface area contributed by atoms with Crippen LogP contribution in [0.15, 0.2) is 69.0 Å². The van der Waals surface area contributed by atoms with E-state index >= 15 is 0 Å². The third-order valence-corrected chi connectivity index (χ3v) is 6.63. The molecule has 0 atom stereocenters. The fraction of sp³-hybridized carbons (Fsp3) is 0.250. The fourth-order valence-corrected chi connectivity index (χ4v) is 4.54. The maximum absolute atomic E-state index is 12.7. The minimum Gasteiger partial charge on any atom is -0.453 e. The highest BCUT2D eigenvalue weighted by molar-refractivity contribution is 7.89. The van der Waals surface area contributed by atoms with Gasteiger partial charge in [0.15, 0.2) is 0 Å². The number of sulfonamides is 1. The molecule has 1 aliphatic rings. The molecule has 166 valence electrons. The Bertz CT molecular complexity index is 1260. The number of esters is 1. The van der Waals surface area contributed by atoms with Gasteiger partial charge in [0, 0.05) is 17.5 Å². The molecule has 0 fully saturated rings. The SMILES string of the molecule is CCc1ccc(OC(=O)c2oc3c(c2C)/C(=N/NS(=O)(=O)c2ccccc2)CCC3)cc1. The Labute approximate surface area is 187 Å². The van der Waals surface area contributed by atoms with Crippen molar-refractivity contribution in [2.45, 2.75) is 44.4 Å². The van der Waals surface area contributed by atoms with Crippen LogP contribution < -0.4 is 9.57 Å². The number of ether oxygens (including phenoxy) is 1. The summed E-state index contributed by atoms with van der Waals surface area (Å²) in [5, 5.41) is 4.18. The number of furan rings is 1. The second kappa shape index (κ2) is 9.00. The smallest absolute Gasteiger partial charge is 0.379 e. The summed E-state index contributed by atoms with van der Waals surface area (Å²) >= 11 is 0. The summed E-state index contributed by atoms with van der Waals surface area (Å²) in [5.41, 5.74) is 2.94. The Hall–Kier alpha value is -3.39. The molecule has 1 N–H and O–H groups in total. The number of hydrogen-bond donors (Lipinski definition) is 1. The second-order valence-electron chi connectivity index (χ2n) is 7.56. The van der Waals surface area contributed by atoms with Crippen LogP contribution in [0.1, 0.15) is 52.8 Å². The van der Waals surface area contributed by atoms with E-state index in [-0.39, 0.29) is 10.7 Å². The highest BCUT2D eigenvalue weighted by atomic mass is 32.2. The molecular formula is C24H24N2O5S. The van der Waals surface area contributed by atoms with Crippen molar-refractivity contribution < 1.29 is 22.4 Å². The molecule has 0 bridgehead atoms. The van der Waals surface area contributed by atoms with E-state index in [1.165, 1.54) is 12.1 Å². The highest BCUT2D eigenvalue weighted by Crippen LogP contribution is 2.30. The van der Waals surface area contributed by atoms with Gasteiger partial charge in [0.05, 0.1) is 10.6 Å². The van der Waals surface area contributed by atoms with Crippen molar-refractivity contribution in [1.82, 2.24) is 4.83 Å². The summed E-state index contributed by atoms with van der Waals surface area (Å²) in [5.74, 6) is 0.561. The number of benzene rings is 2. The van der Waals surface area contributed by atoms with Gasteiger partial charge < -0.3 is 9.15 Å². The van der Waals surface area contributed by atoms with Crippen LogP contribution in [-0.4, -0.2) is 20.1 Å². The van der Waals surface area contributed by atoms with Crippen LogP contribution in [0, 0.1) is 6.92 Å². The number of carbonyl (C=O) groups is 1. The molecule has 1 heterocycles. The van der Waals surface area contributed by atoms with Crippen molar-refractivity contribution in [3.63, 3.8) is 0 Å². The minimum atomic E-state index is -3.79. The Balaban J connectivity index is 1.58. The van der Waals surface area contributed by atoms with Crippen molar-refractivity contribution in [3.05, 3.63) is 82.8 Å². The van der Waals surface area contributed by atoms with Gasteiger partial charge in [-0.05, 0) is 56.0 Å². The molecular weight excluding hydrogens is 428 g/mol. The Morgan fingerprint density at radius 2 is 1.81 bits per heavy atom. The summed E-state index contributed by atoms with van der Waals surface area (Å²) in [6.45, 7) is 3.81. The lowest BCUT2D eigenvalue weighted by molar-refractivity contribution is 0.0698. The lowest BCUT2D eigenvalue weighted by atomic mass is 9.93. The zero-order valence-electron chi connectivity index (χ0n) is 17.9. The number of aryl methyl sites for hydroxylation is 2. The second-order valence-corrected chi connectivity index (χ2v) is 9.22. The van der Waals surface area contributed by atoms with E-state index < -0.39 is 16.0 Å². The lowest BCUT2D eigenvalue weighted by Gasteiger charge is -2.14. The van der Waals surface area contributed by atoms with Gasteiger partial charge in [0.25, 0.3) is 10.0 Å². The fourth-order valence-electron chi connectivity index (χ4n) is 3.69. The van der Waals surface area contributed by atoms with Gasteiger partial charge in [0.1, 0.15) is 11.5 Å². The zero-order valence-corrected chi connectivity index (χ0v) is 18.7. The number of carbonyl (C=O) groups excluding carboxylic acids is 1. The van der Waals surface area contributed by atoms with E-state index in [1.54, 1.807) is 37.3 Å². The molecule has 0 spiro atoms. The van der Waals surface area contributed by atoms with Crippen LogP contribution in [0.3, 0.4) is 0 Å². The largest absolute Gasteiger partial charge is 0.453 e.